The molecule has 19 rings (SSSR count). The molecule has 4 nitrogen and oxygen atoms in total. The van der Waals surface area contributed by atoms with Crippen molar-refractivity contribution in [3.63, 3.8) is 0 Å². The predicted octanol–water partition coefficient (Wildman–Crippen LogP) is 23.6. The van der Waals surface area contributed by atoms with E-state index in [1.807, 2.05) is 20.8 Å². The molecule has 100 heavy (non-hydrogen) atoms. The Labute approximate surface area is 587 Å². The molecule has 0 atom stereocenters. The summed E-state index contributed by atoms with van der Waals surface area (Å²) >= 11 is 0. The van der Waals surface area contributed by atoms with E-state index in [0.29, 0.717) is 5.56 Å². The number of hydrogen-bond donors (Lipinski definition) is 0. The average Bonchev–Trinajstić information content (AvgIpc) is 0.914. The van der Waals surface area contributed by atoms with E-state index in [9.17, 15) is 2.74 Å². The van der Waals surface area contributed by atoms with Crippen LogP contribution < -0.4 is 26.2 Å². The van der Waals surface area contributed by atoms with E-state index in [4.69, 9.17) is 0 Å². The molecule has 17 aromatic rings. The van der Waals surface area contributed by atoms with Gasteiger partial charge in [0.15, 0.2) is 0 Å². The molecule has 4 heterocycles. The predicted molar refractivity (Wildman–Crippen MR) is 425 cm³/mol. The maximum atomic E-state index is 10.5. The quantitative estimate of drug-likeness (QED) is 0.120. The van der Waals surface area contributed by atoms with Crippen molar-refractivity contribution in [2.45, 2.75) is 27.1 Å². The van der Waals surface area contributed by atoms with E-state index in [1.54, 1.807) is 0 Å². The number of benzene rings is 15. The van der Waals surface area contributed by atoms with Crippen LogP contribution in [-0.4, -0.2) is 15.8 Å². The molecular formula is C95H69BN4. The summed E-state index contributed by atoms with van der Waals surface area (Å²) in [5, 5.41) is 4.67. The van der Waals surface area contributed by atoms with E-state index in [1.165, 1.54) is 43.8 Å². The molecule has 0 aliphatic carbocycles. The molecule has 2 aromatic heterocycles. The third-order valence-corrected chi connectivity index (χ3v) is 20.5. The van der Waals surface area contributed by atoms with Gasteiger partial charge in [0.05, 0.1) is 33.4 Å². The summed E-state index contributed by atoms with van der Waals surface area (Å²) < 4.78 is 26.0. The van der Waals surface area contributed by atoms with Crippen molar-refractivity contribution >= 4 is 101 Å². The molecule has 2 aliphatic heterocycles. The van der Waals surface area contributed by atoms with Crippen LogP contribution >= 0.6 is 0 Å². The first-order valence-electron chi connectivity index (χ1n) is 35.8. The third-order valence-electron chi connectivity index (χ3n) is 20.5. The molecule has 15 aromatic carbocycles. The lowest BCUT2D eigenvalue weighted by Gasteiger charge is -2.45. The normalized spacial score (nSPS) is 13.0. The Morgan fingerprint density at radius 2 is 0.570 bits per heavy atom. The van der Waals surface area contributed by atoms with E-state index in [-0.39, 0.29) is 6.71 Å². The molecule has 2 aliphatic rings. The molecule has 0 fully saturated rings. The maximum absolute atomic E-state index is 10.5. The zero-order valence-electron chi connectivity index (χ0n) is 57.9. The number of fused-ring (bicyclic) bond motifs is 10. The maximum Gasteiger partial charge on any atom is 0.252 e. The highest BCUT2D eigenvalue weighted by Gasteiger charge is 2.45. The van der Waals surface area contributed by atoms with Crippen LogP contribution in [0.15, 0.2) is 352 Å². The zero-order valence-corrected chi connectivity index (χ0v) is 55.9. The number of anilines is 6. The van der Waals surface area contributed by atoms with Gasteiger partial charge in [0.1, 0.15) is 0 Å². The minimum Gasteiger partial charge on any atom is -0.311 e. The van der Waals surface area contributed by atoms with Crippen LogP contribution in [0.2, 0.25) is 0 Å². The van der Waals surface area contributed by atoms with Crippen molar-refractivity contribution in [2.75, 3.05) is 9.80 Å². The molecule has 0 N–H and O–H groups in total. The second-order valence-corrected chi connectivity index (χ2v) is 27.7. The van der Waals surface area contributed by atoms with Gasteiger partial charge in [-0.05, 0) is 186 Å². The zero-order chi connectivity index (χ0) is 68.4. The monoisotopic (exact) mass is 1280 g/mol. The molecule has 0 saturated carbocycles. The van der Waals surface area contributed by atoms with Crippen LogP contribution in [0.5, 0.6) is 0 Å². The number of para-hydroxylation sites is 2. The number of rotatable bonds is 11. The molecule has 5 heteroatoms. The topological polar surface area (TPSA) is 16.3 Å². The van der Waals surface area contributed by atoms with Gasteiger partial charge in [-0.1, -0.05) is 276 Å². The van der Waals surface area contributed by atoms with Crippen LogP contribution in [-0.2, 0) is 6.37 Å². The summed E-state index contributed by atoms with van der Waals surface area (Å²) in [5.74, 6) is 0. The lowest BCUT2D eigenvalue weighted by molar-refractivity contribution is 0.411. The first-order chi connectivity index (χ1) is 50.0. The molecule has 0 saturated heterocycles. The minimum atomic E-state index is -1.83. The highest BCUT2D eigenvalue weighted by molar-refractivity contribution is 7.00. The number of nitrogens with zero attached hydrogens (tertiary/aromatic N) is 4. The summed E-state index contributed by atoms with van der Waals surface area (Å²) in [6.07, 6.45) is -1.83. The van der Waals surface area contributed by atoms with Crippen molar-refractivity contribution in [1.29, 1.82) is 0 Å². The standard InChI is InChI=1S/C95H69BN4/c1-95(2,3)62-63-54-92-94-93(55-63)100(85-41-25-23-39-77(85)69-36-20-9-21-37-69)91-61-75(98-88-52-44-72(66-30-14-6-15-31-66)58-80(88)81-59-73(45-53-89(81)98)67-32-16-7-17-33-67)47-49-83(91)96(94)82-48-46-74(60-90(82)99(92)84-40-24-22-38-76(84)68-34-18-8-19-35-68)97-86-50-42-70(64-26-10-4-11-27-64)56-78(86)79-57-71(43-51-87(79)97)65-28-12-5-13-29-65/h4-61H,62H2,1-3H3/i62D2. The molecule has 472 valence electrons. The first-order valence-corrected chi connectivity index (χ1v) is 34.8. The Hall–Kier alpha value is -12.4. The van der Waals surface area contributed by atoms with Crippen LogP contribution in [0.25, 0.3) is 122 Å². The van der Waals surface area contributed by atoms with Crippen LogP contribution in [0.1, 0.15) is 29.1 Å². The minimum absolute atomic E-state index is 0.321. The average molecular weight is 1280 g/mol. The van der Waals surface area contributed by atoms with Gasteiger partial charge in [0.25, 0.3) is 6.71 Å². The first kappa shape index (κ1) is 56.7. The lowest BCUT2D eigenvalue weighted by Crippen LogP contribution is -2.61. The Morgan fingerprint density at radius 3 is 0.890 bits per heavy atom. The molecular weight excluding hydrogens is 1210 g/mol. The summed E-state index contributed by atoms with van der Waals surface area (Å²) in [5.41, 5.74) is 29.1. The van der Waals surface area contributed by atoms with Crippen molar-refractivity contribution < 1.29 is 2.74 Å². The van der Waals surface area contributed by atoms with Gasteiger partial charge in [0, 0.05) is 69.5 Å². The molecule has 0 unspecified atom stereocenters. The van der Waals surface area contributed by atoms with Crippen LogP contribution in [0.4, 0.5) is 34.1 Å². The fraction of sp³-hybridized carbons (Fsp3) is 0.0526. The fourth-order valence-corrected chi connectivity index (χ4v) is 16.2. The van der Waals surface area contributed by atoms with E-state index >= 15 is 0 Å². The van der Waals surface area contributed by atoms with Crippen molar-refractivity contribution in [1.82, 2.24) is 9.13 Å². The summed E-state index contributed by atoms with van der Waals surface area (Å²) in [6, 6.07) is 128. The fourth-order valence-electron chi connectivity index (χ4n) is 16.2. The largest absolute Gasteiger partial charge is 0.311 e. The summed E-state index contributed by atoms with van der Waals surface area (Å²) in [4.78, 5) is 4.97. The second kappa shape index (κ2) is 23.7. The Kier molecular flexibility index (Phi) is 13.4. The highest BCUT2D eigenvalue weighted by Crippen LogP contribution is 2.51. The smallest absolute Gasteiger partial charge is 0.252 e. The van der Waals surface area contributed by atoms with Crippen LogP contribution in [0.3, 0.4) is 0 Å². The van der Waals surface area contributed by atoms with E-state index < -0.39 is 11.8 Å². The SMILES string of the molecule is [2H]C([2H])(c1cc2c3c(c1)N(c1ccccc1-c1ccccc1)c1cc(-n4c5ccc(-c6ccccc6)cc5c5cc(-c6ccccc6)ccc54)ccc1B3c1ccc(-n3c4ccc(-c5ccccc5)cc4c4cc(-c5ccccc5)ccc43)cc1N2c1ccccc1-c1ccccc1)C(C)(C)C. The summed E-state index contributed by atoms with van der Waals surface area (Å²) in [6.45, 7) is 5.77. The number of aromatic nitrogens is 2. The van der Waals surface area contributed by atoms with Gasteiger partial charge in [-0.2, -0.15) is 0 Å². The van der Waals surface area contributed by atoms with Crippen molar-refractivity contribution in [3.05, 3.63) is 357 Å². The van der Waals surface area contributed by atoms with Gasteiger partial charge < -0.3 is 18.9 Å². The van der Waals surface area contributed by atoms with Crippen molar-refractivity contribution in [2.24, 2.45) is 5.41 Å². The van der Waals surface area contributed by atoms with Gasteiger partial charge >= 0.3 is 0 Å². The number of hydrogen-bond acceptors (Lipinski definition) is 2. The summed E-state index contributed by atoms with van der Waals surface area (Å²) in [7, 11) is 0. The van der Waals surface area contributed by atoms with Gasteiger partial charge in [-0.15, -0.1) is 0 Å². The lowest BCUT2D eigenvalue weighted by atomic mass is 9.33. The molecule has 0 radical (unpaired) electrons. The molecule has 0 spiro atoms. The van der Waals surface area contributed by atoms with E-state index in [2.05, 4.69) is 371 Å². The van der Waals surface area contributed by atoms with Gasteiger partial charge in [0.2, 0.25) is 0 Å². The highest BCUT2D eigenvalue weighted by atomic mass is 15.2. The third kappa shape index (κ3) is 9.90. The molecule has 0 bridgehead atoms. The van der Waals surface area contributed by atoms with E-state index in [0.717, 1.165) is 128 Å². The van der Waals surface area contributed by atoms with Gasteiger partial charge in [-0.3, -0.25) is 0 Å². The molecule has 0 amide bonds. The van der Waals surface area contributed by atoms with Crippen LogP contribution in [0, 0.1) is 5.41 Å². The Bertz CT molecular complexity index is 5590. The Morgan fingerprint density at radius 1 is 0.270 bits per heavy atom. The Balaban J connectivity index is 0.914. The van der Waals surface area contributed by atoms with Crippen molar-refractivity contribution in [3.8, 4) is 78.1 Å². The second-order valence-electron chi connectivity index (χ2n) is 27.7. The van der Waals surface area contributed by atoms with Gasteiger partial charge in [-0.25, -0.2) is 0 Å².